The molecule has 1 unspecified atom stereocenters. The molecule has 1 aliphatic rings. The lowest BCUT2D eigenvalue weighted by Crippen LogP contribution is -2.44. The van der Waals surface area contributed by atoms with Crippen LogP contribution in [0.2, 0.25) is 0 Å². The second-order valence-corrected chi connectivity index (χ2v) is 3.36. The molecule has 1 saturated heterocycles. The average Bonchev–Trinajstić information content (AvgIpc) is 2.05. The van der Waals surface area contributed by atoms with Crippen molar-refractivity contribution in [3.05, 3.63) is 0 Å². The van der Waals surface area contributed by atoms with Crippen LogP contribution in [-0.2, 0) is 4.79 Å². The molecule has 0 aromatic rings. The first kappa shape index (κ1) is 9.52. The number of hydrogen-bond acceptors (Lipinski definition) is 2. The number of carbonyl (C=O) groups excluding carboxylic acids is 1. The summed E-state index contributed by atoms with van der Waals surface area (Å²) in [4.78, 5) is 11.0. The highest BCUT2D eigenvalue weighted by molar-refractivity contribution is 5.76. The maximum Gasteiger partial charge on any atom is 0.220 e. The predicted molar refractivity (Wildman–Crippen MR) is 48.9 cm³/mol. The summed E-state index contributed by atoms with van der Waals surface area (Å²) in [5, 5.41) is 6.28. The summed E-state index contributed by atoms with van der Waals surface area (Å²) < 4.78 is 0. The summed E-state index contributed by atoms with van der Waals surface area (Å²) in [6, 6.07) is 0.373. The van der Waals surface area contributed by atoms with Gasteiger partial charge in [0.05, 0.1) is 0 Å². The lowest BCUT2D eigenvalue weighted by Gasteiger charge is -2.23. The minimum Gasteiger partial charge on any atom is -0.352 e. The van der Waals surface area contributed by atoms with Gasteiger partial charge in [-0.15, -0.1) is 0 Å². The third-order valence-electron chi connectivity index (χ3n) is 2.14. The van der Waals surface area contributed by atoms with E-state index in [1.54, 1.807) is 0 Å². The molecule has 2 N–H and O–H groups in total. The number of rotatable bonds is 4. The Morgan fingerprint density at radius 3 is 3.17 bits per heavy atom. The summed E-state index contributed by atoms with van der Waals surface area (Å²) in [6.45, 7) is 4.12. The molecule has 1 amide bonds. The van der Waals surface area contributed by atoms with E-state index in [0.717, 1.165) is 32.4 Å². The van der Waals surface area contributed by atoms with Gasteiger partial charge in [0.15, 0.2) is 0 Å². The highest BCUT2D eigenvalue weighted by Gasteiger charge is 2.16. The SMILES string of the molecule is CCCNCC1CCCC(=O)N1. The topological polar surface area (TPSA) is 41.1 Å². The van der Waals surface area contributed by atoms with E-state index in [9.17, 15) is 4.79 Å². The van der Waals surface area contributed by atoms with Crippen molar-refractivity contribution in [2.24, 2.45) is 0 Å². The molecular formula is C9H18N2O. The van der Waals surface area contributed by atoms with Gasteiger partial charge in [-0.2, -0.15) is 0 Å². The highest BCUT2D eigenvalue weighted by atomic mass is 16.1. The van der Waals surface area contributed by atoms with Crippen LogP contribution in [0.15, 0.2) is 0 Å². The molecule has 3 nitrogen and oxygen atoms in total. The summed E-state index contributed by atoms with van der Waals surface area (Å²) in [5.74, 6) is 0.213. The van der Waals surface area contributed by atoms with Crippen LogP contribution in [-0.4, -0.2) is 25.0 Å². The molecule has 12 heavy (non-hydrogen) atoms. The Labute approximate surface area is 73.9 Å². The second kappa shape index (κ2) is 5.14. The Morgan fingerprint density at radius 1 is 1.67 bits per heavy atom. The molecule has 1 atom stereocenters. The number of nitrogens with one attached hydrogen (secondary N) is 2. The Hall–Kier alpha value is -0.570. The molecule has 0 aromatic carbocycles. The van der Waals surface area contributed by atoms with E-state index in [0.29, 0.717) is 12.5 Å². The molecular weight excluding hydrogens is 152 g/mol. The van der Waals surface area contributed by atoms with E-state index in [1.807, 2.05) is 0 Å². The lowest BCUT2D eigenvalue weighted by atomic mass is 10.0. The van der Waals surface area contributed by atoms with Crippen LogP contribution in [0.25, 0.3) is 0 Å². The first-order valence-corrected chi connectivity index (χ1v) is 4.83. The lowest BCUT2D eigenvalue weighted by molar-refractivity contribution is -0.123. The molecule has 0 aliphatic carbocycles. The molecule has 0 saturated carbocycles. The van der Waals surface area contributed by atoms with E-state index in [1.165, 1.54) is 0 Å². The largest absolute Gasteiger partial charge is 0.352 e. The van der Waals surface area contributed by atoms with Crippen molar-refractivity contribution in [2.45, 2.75) is 38.6 Å². The smallest absolute Gasteiger partial charge is 0.220 e. The van der Waals surface area contributed by atoms with E-state index in [4.69, 9.17) is 0 Å². The summed E-state index contributed by atoms with van der Waals surface area (Å²) in [7, 11) is 0. The Kier molecular flexibility index (Phi) is 4.08. The zero-order chi connectivity index (χ0) is 8.81. The number of amides is 1. The quantitative estimate of drug-likeness (QED) is 0.608. The molecule has 70 valence electrons. The number of hydrogen-bond donors (Lipinski definition) is 2. The third-order valence-corrected chi connectivity index (χ3v) is 2.14. The average molecular weight is 170 g/mol. The first-order valence-electron chi connectivity index (χ1n) is 4.83. The molecule has 0 aromatic heterocycles. The van der Waals surface area contributed by atoms with Gasteiger partial charge in [-0.05, 0) is 25.8 Å². The van der Waals surface area contributed by atoms with Gasteiger partial charge in [-0.25, -0.2) is 0 Å². The van der Waals surface area contributed by atoms with Crippen LogP contribution in [0.1, 0.15) is 32.6 Å². The van der Waals surface area contributed by atoms with Gasteiger partial charge in [0.2, 0.25) is 5.91 Å². The zero-order valence-electron chi connectivity index (χ0n) is 7.73. The van der Waals surface area contributed by atoms with Gasteiger partial charge in [-0.3, -0.25) is 4.79 Å². The maximum atomic E-state index is 11.0. The zero-order valence-corrected chi connectivity index (χ0v) is 7.73. The highest BCUT2D eigenvalue weighted by Crippen LogP contribution is 2.06. The van der Waals surface area contributed by atoms with Crippen molar-refractivity contribution in [3.63, 3.8) is 0 Å². The fraction of sp³-hybridized carbons (Fsp3) is 0.889. The summed E-state index contributed by atoms with van der Waals surface area (Å²) >= 11 is 0. The Bertz CT molecular complexity index is 147. The molecule has 1 fully saturated rings. The fourth-order valence-electron chi connectivity index (χ4n) is 1.49. The molecule has 1 rings (SSSR count). The summed E-state index contributed by atoms with van der Waals surface area (Å²) in [5.41, 5.74) is 0. The van der Waals surface area contributed by atoms with Crippen LogP contribution < -0.4 is 10.6 Å². The first-order chi connectivity index (χ1) is 5.83. The normalized spacial score (nSPS) is 23.8. The van der Waals surface area contributed by atoms with E-state index in [-0.39, 0.29) is 5.91 Å². The Balaban J connectivity index is 2.10. The molecule has 0 spiro atoms. The standard InChI is InChI=1S/C9H18N2O/c1-2-6-10-7-8-4-3-5-9(12)11-8/h8,10H,2-7H2,1H3,(H,11,12). The number of carbonyl (C=O) groups is 1. The van der Waals surface area contributed by atoms with Crippen LogP contribution in [0.5, 0.6) is 0 Å². The minimum atomic E-state index is 0.213. The van der Waals surface area contributed by atoms with E-state index in [2.05, 4.69) is 17.6 Å². The molecule has 0 bridgehead atoms. The maximum absolute atomic E-state index is 11.0. The van der Waals surface area contributed by atoms with Crippen LogP contribution >= 0.6 is 0 Å². The van der Waals surface area contributed by atoms with E-state index < -0.39 is 0 Å². The monoisotopic (exact) mass is 170 g/mol. The van der Waals surface area contributed by atoms with Gasteiger partial charge < -0.3 is 10.6 Å². The number of piperidine rings is 1. The Morgan fingerprint density at radius 2 is 2.50 bits per heavy atom. The fourth-order valence-corrected chi connectivity index (χ4v) is 1.49. The van der Waals surface area contributed by atoms with Crippen LogP contribution in [0, 0.1) is 0 Å². The van der Waals surface area contributed by atoms with Gasteiger partial charge in [0.1, 0.15) is 0 Å². The van der Waals surface area contributed by atoms with Crippen molar-refractivity contribution in [1.29, 1.82) is 0 Å². The van der Waals surface area contributed by atoms with Crippen molar-refractivity contribution in [1.82, 2.24) is 10.6 Å². The van der Waals surface area contributed by atoms with Gasteiger partial charge in [0, 0.05) is 19.0 Å². The summed E-state index contributed by atoms with van der Waals surface area (Å²) in [6.07, 6.45) is 4.04. The van der Waals surface area contributed by atoms with Crippen LogP contribution in [0.3, 0.4) is 0 Å². The van der Waals surface area contributed by atoms with Gasteiger partial charge >= 0.3 is 0 Å². The van der Waals surface area contributed by atoms with Crippen LogP contribution in [0.4, 0.5) is 0 Å². The van der Waals surface area contributed by atoms with Gasteiger partial charge in [0.25, 0.3) is 0 Å². The second-order valence-electron chi connectivity index (χ2n) is 3.36. The predicted octanol–water partition coefficient (Wildman–Crippen LogP) is 0.655. The molecule has 1 aliphatic heterocycles. The molecule has 1 heterocycles. The molecule has 0 radical (unpaired) electrons. The van der Waals surface area contributed by atoms with Crippen molar-refractivity contribution in [2.75, 3.05) is 13.1 Å². The van der Waals surface area contributed by atoms with Crippen molar-refractivity contribution in [3.8, 4) is 0 Å². The minimum absolute atomic E-state index is 0.213. The van der Waals surface area contributed by atoms with Crippen molar-refractivity contribution >= 4 is 5.91 Å². The molecule has 3 heteroatoms. The van der Waals surface area contributed by atoms with Gasteiger partial charge in [-0.1, -0.05) is 6.92 Å². The van der Waals surface area contributed by atoms with Crippen molar-refractivity contribution < 1.29 is 4.79 Å². The third kappa shape index (κ3) is 3.22. The van der Waals surface area contributed by atoms with E-state index >= 15 is 0 Å².